The molecule has 152 valence electrons. The molecule has 3 heterocycles. The van der Waals surface area contributed by atoms with Gasteiger partial charge in [0.1, 0.15) is 12.2 Å². The molecule has 1 aromatic carbocycles. The number of carbonyl (C=O) groups is 2. The van der Waals surface area contributed by atoms with Crippen LogP contribution < -0.4 is 0 Å². The molecule has 7 heteroatoms. The molecule has 2 aliphatic rings. The molecule has 2 aromatic rings. The van der Waals surface area contributed by atoms with Crippen molar-refractivity contribution in [1.82, 2.24) is 19.3 Å². The van der Waals surface area contributed by atoms with Gasteiger partial charge >= 0.3 is 0 Å². The van der Waals surface area contributed by atoms with E-state index >= 15 is 0 Å². The predicted molar refractivity (Wildman–Crippen MR) is 118 cm³/mol. The van der Waals surface area contributed by atoms with E-state index in [0.717, 1.165) is 35.9 Å². The highest BCUT2D eigenvalue weighted by atomic mass is 32.1. The van der Waals surface area contributed by atoms with Gasteiger partial charge in [0.25, 0.3) is 5.91 Å². The Morgan fingerprint density at radius 3 is 2.66 bits per heavy atom. The average molecular weight is 411 g/mol. The molecule has 0 bridgehead atoms. The number of para-hydroxylation sites is 1. The van der Waals surface area contributed by atoms with Crippen molar-refractivity contribution in [2.45, 2.75) is 38.8 Å². The number of piperidine rings is 1. The molecular formula is C22H26N4O2S. The Morgan fingerprint density at radius 1 is 1.21 bits per heavy atom. The minimum absolute atomic E-state index is 0.118. The standard InChI is InChI=1S/C22H26N4O2S/c1-15-8-6-7-11-26(15)20(27)14-25-13-16(17-9-4-5-10-18(17)25)12-19-21(28)24(3)22(29)23(19)2/h4-5,9-10,12-13,15H,6-8,11,14H2,1-3H3/b19-12-/t15-/m0/s1. The highest BCUT2D eigenvalue weighted by Gasteiger charge is 2.33. The number of thiocarbonyl (C=S) groups is 1. The lowest BCUT2D eigenvalue weighted by Gasteiger charge is -2.33. The molecule has 29 heavy (non-hydrogen) atoms. The first-order valence-corrected chi connectivity index (χ1v) is 10.4. The number of hydrogen-bond donors (Lipinski definition) is 0. The van der Waals surface area contributed by atoms with E-state index in [9.17, 15) is 9.59 Å². The highest BCUT2D eigenvalue weighted by Crippen LogP contribution is 2.27. The number of likely N-dealkylation sites (tertiary alicyclic amines) is 1. The van der Waals surface area contributed by atoms with E-state index in [1.165, 1.54) is 11.3 Å². The maximum atomic E-state index is 13.0. The summed E-state index contributed by atoms with van der Waals surface area (Å²) in [4.78, 5) is 30.7. The van der Waals surface area contributed by atoms with Gasteiger partial charge < -0.3 is 14.4 Å². The molecule has 2 amide bonds. The Labute approximate surface area is 176 Å². The number of likely N-dealkylation sites (N-methyl/N-ethyl adjacent to an activating group) is 2. The topological polar surface area (TPSA) is 48.8 Å². The van der Waals surface area contributed by atoms with Gasteiger partial charge in [-0.25, -0.2) is 0 Å². The lowest BCUT2D eigenvalue weighted by atomic mass is 10.0. The summed E-state index contributed by atoms with van der Waals surface area (Å²) in [5.41, 5.74) is 2.44. The fourth-order valence-corrected chi connectivity index (χ4v) is 4.44. The summed E-state index contributed by atoms with van der Waals surface area (Å²) in [6.07, 6.45) is 7.16. The summed E-state index contributed by atoms with van der Waals surface area (Å²) in [6.45, 7) is 3.26. The molecule has 4 rings (SSSR count). The van der Waals surface area contributed by atoms with Crippen molar-refractivity contribution in [3.8, 4) is 0 Å². The third-order valence-electron chi connectivity index (χ3n) is 6.00. The van der Waals surface area contributed by atoms with Gasteiger partial charge in [-0.1, -0.05) is 18.2 Å². The lowest BCUT2D eigenvalue weighted by Crippen LogP contribution is -2.43. The Kier molecular flexibility index (Phi) is 5.17. The van der Waals surface area contributed by atoms with Crippen molar-refractivity contribution in [1.29, 1.82) is 0 Å². The normalized spacial score (nSPS) is 21.7. The first-order chi connectivity index (χ1) is 13.9. The van der Waals surface area contributed by atoms with E-state index in [4.69, 9.17) is 12.2 Å². The monoisotopic (exact) mass is 410 g/mol. The lowest BCUT2D eigenvalue weighted by molar-refractivity contribution is -0.135. The molecule has 0 saturated carbocycles. The van der Waals surface area contributed by atoms with Crippen molar-refractivity contribution in [3.05, 3.63) is 41.7 Å². The third-order valence-corrected chi connectivity index (χ3v) is 6.55. The number of hydrogen-bond acceptors (Lipinski definition) is 3. The summed E-state index contributed by atoms with van der Waals surface area (Å²) in [6, 6.07) is 8.27. The maximum absolute atomic E-state index is 13.0. The molecule has 6 nitrogen and oxygen atoms in total. The zero-order valence-corrected chi connectivity index (χ0v) is 17.9. The minimum Gasteiger partial charge on any atom is -0.338 e. The zero-order valence-electron chi connectivity index (χ0n) is 17.1. The second-order valence-corrected chi connectivity index (χ2v) is 8.26. The molecule has 1 aromatic heterocycles. The van der Waals surface area contributed by atoms with E-state index in [0.29, 0.717) is 23.4 Å². The van der Waals surface area contributed by atoms with Crippen LogP contribution >= 0.6 is 12.2 Å². The van der Waals surface area contributed by atoms with Crippen LogP contribution in [0.2, 0.25) is 0 Å². The van der Waals surface area contributed by atoms with Crippen LogP contribution in [-0.2, 0) is 16.1 Å². The van der Waals surface area contributed by atoms with Gasteiger partial charge in [0.05, 0.1) is 0 Å². The molecule has 0 N–H and O–H groups in total. The quantitative estimate of drug-likeness (QED) is 0.576. The Morgan fingerprint density at radius 2 is 1.97 bits per heavy atom. The van der Waals surface area contributed by atoms with Gasteiger partial charge in [-0.15, -0.1) is 0 Å². The van der Waals surface area contributed by atoms with Gasteiger partial charge in [-0.2, -0.15) is 0 Å². The van der Waals surface area contributed by atoms with E-state index in [1.54, 1.807) is 19.0 Å². The number of aromatic nitrogens is 1. The Bertz CT molecular complexity index is 1020. The number of rotatable bonds is 3. The molecule has 2 saturated heterocycles. The molecule has 2 aliphatic heterocycles. The van der Waals surface area contributed by atoms with E-state index in [-0.39, 0.29) is 11.8 Å². The number of fused-ring (bicyclic) bond motifs is 1. The van der Waals surface area contributed by atoms with Crippen LogP contribution in [0.1, 0.15) is 31.7 Å². The predicted octanol–water partition coefficient (Wildman–Crippen LogP) is 3.07. The largest absolute Gasteiger partial charge is 0.338 e. The van der Waals surface area contributed by atoms with Crippen LogP contribution in [0.4, 0.5) is 0 Å². The van der Waals surface area contributed by atoms with Gasteiger partial charge in [0, 0.05) is 49.3 Å². The minimum atomic E-state index is -0.118. The second-order valence-electron chi connectivity index (χ2n) is 7.90. The number of amides is 2. The third kappa shape index (κ3) is 3.44. The molecule has 0 aliphatic carbocycles. The van der Waals surface area contributed by atoms with E-state index < -0.39 is 0 Å². The Hall–Kier alpha value is -2.67. The summed E-state index contributed by atoms with van der Waals surface area (Å²) in [5.74, 6) is 0.0275. The number of benzene rings is 1. The molecule has 0 spiro atoms. The van der Waals surface area contributed by atoms with Crippen molar-refractivity contribution >= 4 is 46.1 Å². The highest BCUT2D eigenvalue weighted by molar-refractivity contribution is 7.80. The molecule has 0 radical (unpaired) electrons. The van der Waals surface area contributed by atoms with Crippen molar-refractivity contribution in [2.75, 3.05) is 20.6 Å². The smallest absolute Gasteiger partial charge is 0.276 e. The SMILES string of the molecule is C[C@H]1CCCCN1C(=O)Cn1cc(/C=C2/C(=O)N(C)C(=S)N2C)c2ccccc21. The second kappa shape index (κ2) is 7.63. The van der Waals surface area contributed by atoms with E-state index in [2.05, 4.69) is 6.92 Å². The van der Waals surface area contributed by atoms with Crippen molar-refractivity contribution in [3.63, 3.8) is 0 Å². The zero-order chi connectivity index (χ0) is 20.7. The Balaban J connectivity index is 1.69. The first-order valence-electron chi connectivity index (χ1n) is 10.0. The van der Waals surface area contributed by atoms with Crippen molar-refractivity contribution in [2.24, 2.45) is 0 Å². The van der Waals surface area contributed by atoms with Crippen LogP contribution in [0.15, 0.2) is 36.2 Å². The number of nitrogens with zero attached hydrogens (tertiary/aromatic N) is 4. The molecule has 0 unspecified atom stereocenters. The van der Waals surface area contributed by atoms with E-state index in [1.807, 2.05) is 46.0 Å². The summed E-state index contributed by atoms with van der Waals surface area (Å²) < 4.78 is 1.99. The van der Waals surface area contributed by atoms with Gasteiger partial charge in [0.2, 0.25) is 5.91 Å². The number of carbonyl (C=O) groups excluding carboxylic acids is 2. The van der Waals surface area contributed by atoms with Crippen LogP contribution in [0.3, 0.4) is 0 Å². The average Bonchev–Trinajstić information content (AvgIpc) is 3.15. The summed E-state index contributed by atoms with van der Waals surface area (Å²) >= 11 is 5.31. The van der Waals surface area contributed by atoms with Crippen LogP contribution in [0.5, 0.6) is 0 Å². The van der Waals surface area contributed by atoms with Crippen LogP contribution in [0.25, 0.3) is 17.0 Å². The molecular weight excluding hydrogens is 384 g/mol. The van der Waals surface area contributed by atoms with Gasteiger partial charge in [-0.3, -0.25) is 14.5 Å². The van der Waals surface area contributed by atoms with Crippen LogP contribution in [-0.4, -0.2) is 62.9 Å². The fraction of sp³-hybridized carbons (Fsp3) is 0.409. The van der Waals surface area contributed by atoms with Gasteiger partial charge in [0.15, 0.2) is 5.11 Å². The first kappa shape index (κ1) is 19.6. The summed E-state index contributed by atoms with van der Waals surface area (Å²) in [7, 11) is 3.49. The van der Waals surface area contributed by atoms with Gasteiger partial charge in [-0.05, 0) is 50.5 Å². The summed E-state index contributed by atoms with van der Waals surface area (Å²) in [5, 5.41) is 1.50. The molecule has 1 atom stereocenters. The fourth-order valence-electron chi connectivity index (χ4n) is 4.26. The van der Waals surface area contributed by atoms with Crippen molar-refractivity contribution < 1.29 is 9.59 Å². The maximum Gasteiger partial charge on any atom is 0.276 e. The molecule has 2 fully saturated rings. The van der Waals surface area contributed by atoms with Crippen LogP contribution in [0, 0.1) is 0 Å².